The maximum atomic E-state index is 11.6. The number of amides is 1. The first-order valence-electron chi connectivity index (χ1n) is 12.4. The Bertz CT molecular complexity index is 736. The number of hydrogen-bond acceptors (Lipinski definition) is 4. The number of aliphatic imine (C=N–C) groups is 1. The number of likely N-dealkylation sites (tertiary alicyclic amines) is 1. The zero-order valence-electron chi connectivity index (χ0n) is 20.3. The van der Waals surface area contributed by atoms with E-state index < -0.39 is 0 Å². The minimum atomic E-state index is 0.156. The molecule has 0 bridgehead atoms. The topological polar surface area (TPSA) is 63.2 Å². The van der Waals surface area contributed by atoms with Crippen LogP contribution in [-0.2, 0) is 4.79 Å². The van der Waals surface area contributed by atoms with Crippen molar-refractivity contribution >= 4 is 17.6 Å². The summed E-state index contributed by atoms with van der Waals surface area (Å²) in [6.45, 7) is 13.5. The van der Waals surface area contributed by atoms with Gasteiger partial charge in [0.05, 0.1) is 0 Å². The van der Waals surface area contributed by atoms with Crippen LogP contribution in [0.2, 0.25) is 0 Å². The van der Waals surface area contributed by atoms with E-state index in [2.05, 4.69) is 63.4 Å². The fourth-order valence-corrected chi connectivity index (χ4v) is 4.67. The molecule has 2 aliphatic rings. The Kier molecular flexibility index (Phi) is 9.65. The number of nitrogens with one attached hydrogen (secondary N) is 2. The minimum absolute atomic E-state index is 0.156. The van der Waals surface area contributed by atoms with Gasteiger partial charge in [0, 0.05) is 78.1 Å². The fraction of sp³-hybridized carbons (Fsp3) is 0.680. The molecule has 178 valence electrons. The van der Waals surface area contributed by atoms with E-state index in [-0.39, 0.29) is 5.91 Å². The Labute approximate surface area is 194 Å². The Balaban J connectivity index is 1.38. The van der Waals surface area contributed by atoms with Gasteiger partial charge in [0.15, 0.2) is 5.96 Å². The van der Waals surface area contributed by atoms with E-state index in [1.165, 1.54) is 11.3 Å². The first-order chi connectivity index (χ1) is 15.6. The van der Waals surface area contributed by atoms with Gasteiger partial charge in [-0.2, -0.15) is 0 Å². The van der Waals surface area contributed by atoms with Gasteiger partial charge in [-0.25, -0.2) is 0 Å². The quantitative estimate of drug-likeness (QED) is 0.368. The van der Waals surface area contributed by atoms with E-state index in [4.69, 9.17) is 4.99 Å². The summed E-state index contributed by atoms with van der Waals surface area (Å²) in [7, 11) is 1.72. The van der Waals surface area contributed by atoms with Crippen molar-refractivity contribution in [1.82, 2.24) is 20.4 Å². The van der Waals surface area contributed by atoms with Crippen LogP contribution in [0.25, 0.3) is 0 Å². The Morgan fingerprint density at radius 1 is 1.12 bits per heavy atom. The molecule has 1 amide bonds. The third-order valence-corrected chi connectivity index (χ3v) is 6.63. The highest BCUT2D eigenvalue weighted by Crippen LogP contribution is 2.21. The summed E-state index contributed by atoms with van der Waals surface area (Å²) in [5.74, 6) is 1.69. The Morgan fingerprint density at radius 2 is 1.88 bits per heavy atom. The Hall–Kier alpha value is -2.28. The van der Waals surface area contributed by atoms with Crippen molar-refractivity contribution in [3.05, 3.63) is 29.8 Å². The molecule has 0 unspecified atom stereocenters. The summed E-state index contributed by atoms with van der Waals surface area (Å²) in [5, 5.41) is 6.21. The van der Waals surface area contributed by atoms with Crippen LogP contribution in [0.3, 0.4) is 0 Å². The molecule has 32 heavy (non-hydrogen) atoms. The number of benzene rings is 1. The molecule has 2 saturated heterocycles. The summed E-state index contributed by atoms with van der Waals surface area (Å²) in [6.07, 6.45) is 3.85. The molecule has 7 heteroatoms. The number of carbonyl (C=O) groups is 1. The fourth-order valence-electron chi connectivity index (χ4n) is 4.67. The number of anilines is 1. The van der Waals surface area contributed by atoms with Gasteiger partial charge < -0.3 is 20.4 Å². The Morgan fingerprint density at radius 3 is 2.53 bits per heavy atom. The lowest BCUT2D eigenvalue weighted by atomic mass is 9.93. The number of aryl methyl sites for hydroxylation is 1. The third kappa shape index (κ3) is 7.40. The molecule has 0 spiro atoms. The van der Waals surface area contributed by atoms with E-state index in [1.54, 1.807) is 7.05 Å². The first kappa shape index (κ1) is 24.4. The molecule has 1 aromatic rings. The van der Waals surface area contributed by atoms with Crippen LogP contribution in [-0.4, -0.2) is 87.6 Å². The summed E-state index contributed by atoms with van der Waals surface area (Å²) < 4.78 is 0. The molecule has 0 aliphatic carbocycles. The van der Waals surface area contributed by atoms with Gasteiger partial charge in [-0.05, 0) is 56.7 Å². The van der Waals surface area contributed by atoms with Crippen molar-refractivity contribution in [3.63, 3.8) is 0 Å². The van der Waals surface area contributed by atoms with Crippen molar-refractivity contribution in [2.75, 3.05) is 70.9 Å². The van der Waals surface area contributed by atoms with Crippen LogP contribution in [0.4, 0.5) is 5.69 Å². The van der Waals surface area contributed by atoms with Crippen LogP contribution >= 0.6 is 0 Å². The van der Waals surface area contributed by atoms with Gasteiger partial charge in [0.25, 0.3) is 0 Å². The predicted octanol–water partition coefficient (Wildman–Crippen LogP) is 2.32. The summed E-state index contributed by atoms with van der Waals surface area (Å²) >= 11 is 0. The normalized spacial score (nSPS) is 18.7. The van der Waals surface area contributed by atoms with E-state index in [0.717, 1.165) is 84.1 Å². The molecule has 2 heterocycles. The van der Waals surface area contributed by atoms with Crippen LogP contribution < -0.4 is 15.5 Å². The van der Waals surface area contributed by atoms with Gasteiger partial charge in [-0.1, -0.05) is 12.1 Å². The number of piperazine rings is 1. The summed E-state index contributed by atoms with van der Waals surface area (Å²) in [4.78, 5) is 24.0. The van der Waals surface area contributed by atoms with Crippen LogP contribution in [0.1, 0.15) is 38.2 Å². The predicted molar refractivity (Wildman–Crippen MR) is 133 cm³/mol. The summed E-state index contributed by atoms with van der Waals surface area (Å²) in [5.41, 5.74) is 2.68. The second-order valence-electron chi connectivity index (χ2n) is 9.06. The van der Waals surface area contributed by atoms with Crippen molar-refractivity contribution in [2.24, 2.45) is 10.9 Å². The molecular weight excluding hydrogens is 400 g/mol. The molecular formula is C25H42N6O. The number of hydrogen-bond donors (Lipinski definition) is 2. The minimum Gasteiger partial charge on any atom is -0.369 e. The van der Waals surface area contributed by atoms with Crippen LogP contribution in [0.15, 0.2) is 29.3 Å². The van der Waals surface area contributed by atoms with Crippen LogP contribution in [0.5, 0.6) is 0 Å². The molecule has 1 aromatic carbocycles. The lowest BCUT2D eigenvalue weighted by Gasteiger charge is -2.36. The maximum absolute atomic E-state index is 11.6. The molecule has 2 N–H and O–H groups in total. The summed E-state index contributed by atoms with van der Waals surface area (Å²) in [6, 6.07) is 8.82. The molecule has 2 fully saturated rings. The lowest BCUT2D eigenvalue weighted by Crippen LogP contribution is -2.47. The van der Waals surface area contributed by atoms with E-state index >= 15 is 0 Å². The van der Waals surface area contributed by atoms with E-state index in [9.17, 15) is 4.79 Å². The highest BCUT2D eigenvalue weighted by molar-refractivity contribution is 5.80. The maximum Gasteiger partial charge on any atom is 0.220 e. The smallest absolute Gasteiger partial charge is 0.220 e. The van der Waals surface area contributed by atoms with Crippen molar-refractivity contribution < 1.29 is 4.79 Å². The SMILES string of the molecule is CCNC(=NCCCN1CCN(c2cccc(C)c2)CC1)N1CCC(CC(=O)NC)CC1. The molecule has 0 radical (unpaired) electrons. The molecule has 0 atom stereocenters. The number of nitrogens with zero attached hydrogens (tertiary/aromatic N) is 4. The average Bonchev–Trinajstić information content (AvgIpc) is 2.82. The first-order valence-corrected chi connectivity index (χ1v) is 12.4. The van der Waals surface area contributed by atoms with Gasteiger partial charge in [-0.15, -0.1) is 0 Å². The van der Waals surface area contributed by atoms with Crippen molar-refractivity contribution in [2.45, 2.75) is 39.5 Å². The standard InChI is InChI=1S/C25H42N6O/c1-4-27-25(31-13-9-22(10-14-31)20-24(32)26-3)28-11-6-12-29-15-17-30(18-16-29)23-8-5-7-21(2)19-23/h5,7-8,19,22H,4,6,9-18,20H2,1-3H3,(H,26,32)(H,27,28). The average molecular weight is 443 g/mol. The third-order valence-electron chi connectivity index (χ3n) is 6.63. The largest absolute Gasteiger partial charge is 0.369 e. The number of carbonyl (C=O) groups excluding carboxylic acids is 1. The molecule has 3 rings (SSSR count). The second kappa shape index (κ2) is 12.7. The molecule has 0 aromatic heterocycles. The van der Waals surface area contributed by atoms with Crippen molar-refractivity contribution in [3.8, 4) is 0 Å². The zero-order valence-corrected chi connectivity index (χ0v) is 20.3. The van der Waals surface area contributed by atoms with Crippen LogP contribution in [0, 0.1) is 12.8 Å². The number of guanidine groups is 1. The van der Waals surface area contributed by atoms with Crippen molar-refractivity contribution in [1.29, 1.82) is 0 Å². The van der Waals surface area contributed by atoms with Gasteiger partial charge in [0.1, 0.15) is 0 Å². The molecule has 2 aliphatic heterocycles. The highest BCUT2D eigenvalue weighted by Gasteiger charge is 2.23. The second-order valence-corrected chi connectivity index (χ2v) is 9.06. The van der Waals surface area contributed by atoms with E-state index in [1.807, 2.05) is 0 Å². The monoisotopic (exact) mass is 442 g/mol. The number of rotatable bonds is 8. The number of piperidine rings is 1. The van der Waals surface area contributed by atoms with Gasteiger partial charge >= 0.3 is 0 Å². The van der Waals surface area contributed by atoms with Gasteiger partial charge in [0.2, 0.25) is 5.91 Å². The van der Waals surface area contributed by atoms with E-state index in [0.29, 0.717) is 12.3 Å². The molecule has 0 saturated carbocycles. The zero-order chi connectivity index (χ0) is 22.8. The highest BCUT2D eigenvalue weighted by atomic mass is 16.1. The lowest BCUT2D eigenvalue weighted by molar-refractivity contribution is -0.121. The van der Waals surface area contributed by atoms with Gasteiger partial charge in [-0.3, -0.25) is 14.7 Å². The molecule has 7 nitrogen and oxygen atoms in total.